The number of halogens is 3. The van der Waals surface area contributed by atoms with Gasteiger partial charge in [0.15, 0.2) is 5.82 Å². The SMILES string of the molecule is CC(N)Cc1nnnn1C(F)(F)F. The normalized spacial score (nSPS) is 14.5. The van der Waals surface area contributed by atoms with E-state index in [1.807, 2.05) is 0 Å². The lowest BCUT2D eigenvalue weighted by Crippen LogP contribution is -2.26. The predicted octanol–water partition coefficient (Wildman–Crippen LogP) is 0.0391. The summed E-state index contributed by atoms with van der Waals surface area (Å²) in [6.45, 7) is 1.58. The van der Waals surface area contributed by atoms with E-state index in [-0.39, 0.29) is 16.9 Å². The molecular formula is C5H8F3N5. The van der Waals surface area contributed by atoms with Crippen molar-refractivity contribution in [3.63, 3.8) is 0 Å². The summed E-state index contributed by atoms with van der Waals surface area (Å²) in [6.07, 6.45) is -4.58. The number of nitrogens with two attached hydrogens (primary N) is 1. The predicted molar refractivity (Wildman–Crippen MR) is 36.5 cm³/mol. The van der Waals surface area contributed by atoms with Crippen LogP contribution in [0.5, 0.6) is 0 Å². The lowest BCUT2D eigenvalue weighted by molar-refractivity contribution is -0.214. The molecule has 0 fully saturated rings. The molecule has 1 aromatic heterocycles. The van der Waals surface area contributed by atoms with Gasteiger partial charge in [0.1, 0.15) is 0 Å². The monoisotopic (exact) mass is 195 g/mol. The van der Waals surface area contributed by atoms with Gasteiger partial charge in [0.05, 0.1) is 0 Å². The molecule has 0 aliphatic heterocycles. The molecule has 1 unspecified atom stereocenters. The fraction of sp³-hybridized carbons (Fsp3) is 0.800. The topological polar surface area (TPSA) is 69.6 Å². The summed E-state index contributed by atoms with van der Waals surface area (Å²) in [4.78, 5) is 0. The first kappa shape index (κ1) is 9.90. The molecule has 1 rings (SSSR count). The molecule has 74 valence electrons. The van der Waals surface area contributed by atoms with Gasteiger partial charge in [0.25, 0.3) is 0 Å². The highest BCUT2D eigenvalue weighted by molar-refractivity contribution is 4.85. The molecule has 2 N–H and O–H groups in total. The molecule has 1 heterocycles. The maximum atomic E-state index is 12.1. The van der Waals surface area contributed by atoms with Crippen LogP contribution in [-0.4, -0.2) is 26.2 Å². The average molecular weight is 195 g/mol. The summed E-state index contributed by atoms with van der Waals surface area (Å²) in [5.41, 5.74) is 5.32. The van der Waals surface area contributed by atoms with E-state index in [1.54, 1.807) is 6.92 Å². The third-order valence-corrected chi connectivity index (χ3v) is 1.28. The van der Waals surface area contributed by atoms with Gasteiger partial charge in [0, 0.05) is 12.5 Å². The average Bonchev–Trinajstić information content (AvgIpc) is 2.31. The molecule has 1 atom stereocenters. The molecule has 13 heavy (non-hydrogen) atoms. The smallest absolute Gasteiger partial charge is 0.328 e. The van der Waals surface area contributed by atoms with E-state index in [9.17, 15) is 13.2 Å². The van der Waals surface area contributed by atoms with Crippen LogP contribution in [0.2, 0.25) is 0 Å². The van der Waals surface area contributed by atoms with E-state index < -0.39 is 12.3 Å². The van der Waals surface area contributed by atoms with Gasteiger partial charge in [-0.15, -0.1) is 23.0 Å². The zero-order valence-corrected chi connectivity index (χ0v) is 6.78. The van der Waals surface area contributed by atoms with E-state index in [1.165, 1.54) is 0 Å². The van der Waals surface area contributed by atoms with Crippen molar-refractivity contribution in [2.75, 3.05) is 0 Å². The second-order valence-electron chi connectivity index (χ2n) is 2.66. The Labute approximate surface area is 71.7 Å². The Morgan fingerprint density at radius 3 is 2.62 bits per heavy atom. The second kappa shape index (κ2) is 3.29. The molecule has 0 radical (unpaired) electrons. The molecule has 0 saturated heterocycles. The van der Waals surface area contributed by atoms with Crippen molar-refractivity contribution in [2.24, 2.45) is 5.73 Å². The van der Waals surface area contributed by atoms with E-state index in [4.69, 9.17) is 5.73 Å². The maximum Gasteiger partial charge on any atom is 0.507 e. The van der Waals surface area contributed by atoms with Gasteiger partial charge >= 0.3 is 6.30 Å². The van der Waals surface area contributed by atoms with Crippen LogP contribution in [0.3, 0.4) is 0 Å². The van der Waals surface area contributed by atoms with Crippen molar-refractivity contribution in [1.82, 2.24) is 20.2 Å². The molecule has 0 aromatic carbocycles. The quantitative estimate of drug-likeness (QED) is 0.723. The first-order chi connectivity index (χ1) is 5.91. The Balaban J connectivity index is 2.90. The van der Waals surface area contributed by atoms with E-state index in [0.29, 0.717) is 0 Å². The third kappa shape index (κ3) is 2.38. The van der Waals surface area contributed by atoms with Crippen molar-refractivity contribution >= 4 is 0 Å². The summed E-state index contributed by atoms with van der Waals surface area (Å²) in [6, 6.07) is -0.410. The zero-order valence-electron chi connectivity index (χ0n) is 6.78. The Bertz CT molecular complexity index is 278. The maximum absolute atomic E-state index is 12.1. The molecule has 0 saturated carbocycles. The van der Waals surface area contributed by atoms with Crippen molar-refractivity contribution < 1.29 is 13.2 Å². The van der Waals surface area contributed by atoms with Crippen molar-refractivity contribution in [1.29, 1.82) is 0 Å². The highest BCUT2D eigenvalue weighted by Gasteiger charge is 2.35. The minimum absolute atomic E-state index is 0.00743. The second-order valence-corrected chi connectivity index (χ2v) is 2.66. The summed E-state index contributed by atoms with van der Waals surface area (Å²) in [5, 5.41) is 8.97. The van der Waals surface area contributed by atoms with Crippen LogP contribution in [0.15, 0.2) is 0 Å². The van der Waals surface area contributed by atoms with Crippen LogP contribution in [0, 0.1) is 0 Å². The standard InChI is InChI=1S/C5H8F3N5/c1-3(9)2-4-10-11-12-13(4)5(6,7)8/h3H,2,9H2,1H3. The van der Waals surface area contributed by atoms with Crippen LogP contribution in [0.1, 0.15) is 12.7 Å². The Kier molecular flexibility index (Phi) is 2.50. The van der Waals surface area contributed by atoms with Crippen LogP contribution in [0.4, 0.5) is 13.2 Å². The lowest BCUT2D eigenvalue weighted by atomic mass is 10.2. The van der Waals surface area contributed by atoms with Gasteiger partial charge in [-0.05, 0) is 17.4 Å². The number of rotatable bonds is 2. The molecule has 8 heteroatoms. The van der Waals surface area contributed by atoms with E-state index in [2.05, 4.69) is 15.5 Å². The molecule has 0 aliphatic rings. The zero-order chi connectivity index (χ0) is 10.1. The Hall–Kier alpha value is -1.18. The number of tetrazole rings is 1. The van der Waals surface area contributed by atoms with Gasteiger partial charge in [-0.3, -0.25) is 0 Å². The number of aromatic nitrogens is 4. The molecule has 1 aromatic rings. The minimum atomic E-state index is -4.58. The van der Waals surface area contributed by atoms with Crippen molar-refractivity contribution in [3.05, 3.63) is 5.82 Å². The summed E-state index contributed by atoms with van der Waals surface area (Å²) in [5.74, 6) is -0.275. The van der Waals surface area contributed by atoms with E-state index >= 15 is 0 Å². The van der Waals surface area contributed by atoms with Crippen molar-refractivity contribution in [2.45, 2.75) is 25.7 Å². The fourth-order valence-corrected chi connectivity index (χ4v) is 0.818. The fourth-order valence-electron chi connectivity index (χ4n) is 0.818. The van der Waals surface area contributed by atoms with Crippen LogP contribution in [0.25, 0.3) is 0 Å². The largest absolute Gasteiger partial charge is 0.507 e. The number of hydrogen-bond acceptors (Lipinski definition) is 4. The molecule has 5 nitrogen and oxygen atoms in total. The summed E-state index contributed by atoms with van der Waals surface area (Å²) in [7, 11) is 0. The first-order valence-corrected chi connectivity index (χ1v) is 3.51. The number of alkyl halides is 3. The molecule has 0 aliphatic carbocycles. The highest BCUT2D eigenvalue weighted by atomic mass is 19.4. The third-order valence-electron chi connectivity index (χ3n) is 1.28. The van der Waals surface area contributed by atoms with Crippen LogP contribution >= 0.6 is 0 Å². The van der Waals surface area contributed by atoms with E-state index in [0.717, 1.165) is 0 Å². The minimum Gasteiger partial charge on any atom is -0.328 e. The van der Waals surface area contributed by atoms with Gasteiger partial charge in [-0.1, -0.05) is 0 Å². The first-order valence-electron chi connectivity index (χ1n) is 3.51. The van der Waals surface area contributed by atoms with Crippen molar-refractivity contribution in [3.8, 4) is 0 Å². The Morgan fingerprint density at radius 2 is 2.15 bits per heavy atom. The molecule has 0 bridgehead atoms. The van der Waals surface area contributed by atoms with Crippen LogP contribution in [-0.2, 0) is 12.7 Å². The van der Waals surface area contributed by atoms with Gasteiger partial charge in [0.2, 0.25) is 0 Å². The summed E-state index contributed by atoms with van der Waals surface area (Å²) >= 11 is 0. The molecule has 0 spiro atoms. The van der Waals surface area contributed by atoms with Gasteiger partial charge < -0.3 is 5.73 Å². The van der Waals surface area contributed by atoms with Crippen LogP contribution < -0.4 is 5.73 Å². The number of hydrogen-bond donors (Lipinski definition) is 1. The molecular weight excluding hydrogens is 187 g/mol. The van der Waals surface area contributed by atoms with Gasteiger partial charge in [-0.2, -0.15) is 0 Å². The summed E-state index contributed by atoms with van der Waals surface area (Å²) < 4.78 is 36.2. The lowest BCUT2D eigenvalue weighted by Gasteiger charge is -2.08. The number of nitrogens with zero attached hydrogens (tertiary/aromatic N) is 4. The highest BCUT2D eigenvalue weighted by Crippen LogP contribution is 2.21. The molecule has 0 amide bonds. The Morgan fingerprint density at radius 1 is 1.54 bits per heavy atom. The van der Waals surface area contributed by atoms with Gasteiger partial charge in [-0.25, -0.2) is 0 Å².